The molecule has 0 heterocycles. The van der Waals surface area contributed by atoms with Crippen LogP contribution in [-0.4, -0.2) is 22.3 Å². The third kappa shape index (κ3) is 3.90. The molecule has 0 aromatic heterocycles. The lowest BCUT2D eigenvalue weighted by molar-refractivity contribution is -0.146. The Morgan fingerprint density at radius 1 is 1.35 bits per heavy atom. The SMILES string of the molecule is O=C(O)C(O)Cc1cc(Cl)cc(C(F)(F)F)c1. The van der Waals surface area contributed by atoms with E-state index in [1.54, 1.807) is 0 Å². The van der Waals surface area contributed by atoms with Crippen molar-refractivity contribution in [3.05, 3.63) is 34.3 Å². The zero-order valence-electron chi connectivity index (χ0n) is 8.33. The van der Waals surface area contributed by atoms with Crippen molar-refractivity contribution in [3.63, 3.8) is 0 Å². The summed E-state index contributed by atoms with van der Waals surface area (Å²) in [5.41, 5.74) is -0.961. The number of benzene rings is 1. The number of carbonyl (C=O) groups is 1. The van der Waals surface area contributed by atoms with Crippen molar-refractivity contribution in [1.82, 2.24) is 0 Å². The van der Waals surface area contributed by atoms with Crippen molar-refractivity contribution >= 4 is 17.6 Å². The molecule has 94 valence electrons. The molecule has 1 atom stereocenters. The highest BCUT2D eigenvalue weighted by atomic mass is 35.5. The van der Waals surface area contributed by atoms with E-state index in [1.165, 1.54) is 6.07 Å². The van der Waals surface area contributed by atoms with Gasteiger partial charge in [0.05, 0.1) is 5.56 Å². The first-order valence-electron chi connectivity index (χ1n) is 4.47. The predicted molar refractivity (Wildman–Crippen MR) is 53.8 cm³/mol. The fourth-order valence-corrected chi connectivity index (χ4v) is 1.50. The Morgan fingerprint density at radius 2 is 1.94 bits per heavy atom. The van der Waals surface area contributed by atoms with Crippen molar-refractivity contribution < 1.29 is 28.2 Å². The number of aliphatic hydroxyl groups excluding tert-OH is 1. The molecule has 1 unspecified atom stereocenters. The summed E-state index contributed by atoms with van der Waals surface area (Å²) in [6.45, 7) is 0. The van der Waals surface area contributed by atoms with Gasteiger partial charge >= 0.3 is 12.1 Å². The molecular weight excluding hydrogens is 261 g/mol. The molecule has 7 heteroatoms. The summed E-state index contributed by atoms with van der Waals surface area (Å²) in [5, 5.41) is 17.3. The minimum Gasteiger partial charge on any atom is -0.479 e. The minimum atomic E-state index is -4.56. The Morgan fingerprint density at radius 3 is 2.41 bits per heavy atom. The topological polar surface area (TPSA) is 57.5 Å². The number of carboxylic acid groups (broad SMARTS) is 1. The van der Waals surface area contributed by atoms with Crippen LogP contribution in [0.15, 0.2) is 18.2 Å². The zero-order chi connectivity index (χ0) is 13.2. The molecule has 2 N–H and O–H groups in total. The van der Waals surface area contributed by atoms with Crippen LogP contribution in [0.25, 0.3) is 0 Å². The van der Waals surface area contributed by atoms with Gasteiger partial charge in [-0.25, -0.2) is 4.79 Å². The lowest BCUT2D eigenvalue weighted by atomic mass is 10.0. The van der Waals surface area contributed by atoms with E-state index in [0.717, 1.165) is 12.1 Å². The molecule has 1 rings (SSSR count). The van der Waals surface area contributed by atoms with Crippen LogP contribution in [0.1, 0.15) is 11.1 Å². The number of aliphatic hydroxyl groups is 1. The monoisotopic (exact) mass is 268 g/mol. The van der Waals surface area contributed by atoms with Crippen LogP contribution in [0.3, 0.4) is 0 Å². The van der Waals surface area contributed by atoms with Gasteiger partial charge in [-0.2, -0.15) is 13.2 Å². The molecule has 0 aliphatic carbocycles. The minimum absolute atomic E-state index is 0.0136. The molecule has 0 fully saturated rings. The Bertz CT molecular complexity index is 431. The van der Waals surface area contributed by atoms with Gasteiger partial charge < -0.3 is 10.2 Å². The predicted octanol–water partition coefficient (Wildman–Crippen LogP) is 2.35. The van der Waals surface area contributed by atoms with Crippen LogP contribution in [0.2, 0.25) is 5.02 Å². The highest BCUT2D eigenvalue weighted by Crippen LogP contribution is 2.32. The quantitative estimate of drug-likeness (QED) is 0.885. The number of aliphatic carboxylic acids is 1. The molecule has 3 nitrogen and oxygen atoms in total. The number of alkyl halides is 3. The van der Waals surface area contributed by atoms with E-state index in [-0.39, 0.29) is 10.6 Å². The van der Waals surface area contributed by atoms with Gasteiger partial charge in [0.15, 0.2) is 6.10 Å². The van der Waals surface area contributed by atoms with E-state index in [9.17, 15) is 18.0 Å². The van der Waals surface area contributed by atoms with E-state index in [2.05, 4.69) is 0 Å². The van der Waals surface area contributed by atoms with Crippen LogP contribution in [0.5, 0.6) is 0 Å². The van der Waals surface area contributed by atoms with Gasteiger partial charge in [-0.1, -0.05) is 11.6 Å². The van der Waals surface area contributed by atoms with Gasteiger partial charge in [-0.05, 0) is 23.8 Å². The second-order valence-corrected chi connectivity index (χ2v) is 3.84. The second kappa shape index (κ2) is 4.93. The fraction of sp³-hybridized carbons (Fsp3) is 0.300. The van der Waals surface area contributed by atoms with Gasteiger partial charge in [0.25, 0.3) is 0 Å². The van der Waals surface area contributed by atoms with Crippen LogP contribution >= 0.6 is 11.6 Å². The number of carboxylic acids is 1. The highest BCUT2D eigenvalue weighted by molar-refractivity contribution is 6.30. The molecular formula is C10H8ClF3O3. The van der Waals surface area contributed by atoms with Crippen molar-refractivity contribution in [1.29, 1.82) is 0 Å². The van der Waals surface area contributed by atoms with Gasteiger partial charge in [-0.3, -0.25) is 0 Å². The van der Waals surface area contributed by atoms with E-state index < -0.39 is 30.2 Å². The lowest BCUT2D eigenvalue weighted by Crippen LogP contribution is -2.22. The highest BCUT2D eigenvalue weighted by Gasteiger charge is 2.31. The van der Waals surface area contributed by atoms with Gasteiger partial charge in [0, 0.05) is 11.4 Å². The first-order chi connectivity index (χ1) is 7.70. The summed E-state index contributed by atoms with van der Waals surface area (Å²) < 4.78 is 37.2. The van der Waals surface area contributed by atoms with Gasteiger partial charge in [-0.15, -0.1) is 0 Å². The molecule has 17 heavy (non-hydrogen) atoms. The third-order valence-electron chi connectivity index (χ3n) is 2.00. The maximum absolute atomic E-state index is 12.4. The maximum Gasteiger partial charge on any atom is 0.416 e. The Kier molecular flexibility index (Phi) is 4.00. The average molecular weight is 269 g/mol. The van der Waals surface area contributed by atoms with E-state index in [4.69, 9.17) is 21.8 Å². The standard InChI is InChI=1S/C10H8ClF3O3/c11-7-2-5(3-8(15)9(16)17)1-6(4-7)10(12,13)14/h1-2,4,8,15H,3H2,(H,16,17). The summed E-state index contributed by atoms with van der Waals surface area (Å²) >= 11 is 5.49. The summed E-state index contributed by atoms with van der Waals surface area (Å²) in [7, 11) is 0. The summed E-state index contributed by atoms with van der Waals surface area (Å²) in [6, 6.07) is 2.68. The number of hydrogen-bond acceptors (Lipinski definition) is 2. The van der Waals surface area contributed by atoms with Crippen LogP contribution in [0, 0.1) is 0 Å². The Balaban J connectivity index is 3.02. The Hall–Kier alpha value is -1.27. The van der Waals surface area contributed by atoms with Crippen LogP contribution in [-0.2, 0) is 17.4 Å². The van der Waals surface area contributed by atoms with E-state index in [1.807, 2.05) is 0 Å². The number of hydrogen-bond donors (Lipinski definition) is 2. The number of rotatable bonds is 3. The van der Waals surface area contributed by atoms with Crippen molar-refractivity contribution in [2.75, 3.05) is 0 Å². The first kappa shape index (κ1) is 13.8. The molecule has 0 aliphatic heterocycles. The summed E-state index contributed by atoms with van der Waals surface area (Å²) in [6.07, 6.45) is -6.75. The van der Waals surface area contributed by atoms with Gasteiger partial charge in [0.2, 0.25) is 0 Å². The zero-order valence-corrected chi connectivity index (χ0v) is 9.09. The molecule has 1 aromatic rings. The lowest BCUT2D eigenvalue weighted by Gasteiger charge is -2.11. The van der Waals surface area contributed by atoms with Gasteiger partial charge in [0.1, 0.15) is 0 Å². The van der Waals surface area contributed by atoms with Crippen molar-refractivity contribution in [2.24, 2.45) is 0 Å². The molecule has 0 aliphatic rings. The summed E-state index contributed by atoms with van der Waals surface area (Å²) in [5.74, 6) is -1.50. The molecule has 0 saturated heterocycles. The fourth-order valence-electron chi connectivity index (χ4n) is 1.24. The number of halogens is 4. The summed E-state index contributed by atoms with van der Waals surface area (Å²) in [4.78, 5) is 10.4. The van der Waals surface area contributed by atoms with Crippen molar-refractivity contribution in [3.8, 4) is 0 Å². The van der Waals surface area contributed by atoms with E-state index >= 15 is 0 Å². The van der Waals surface area contributed by atoms with Crippen molar-refractivity contribution in [2.45, 2.75) is 18.7 Å². The second-order valence-electron chi connectivity index (χ2n) is 3.40. The third-order valence-corrected chi connectivity index (χ3v) is 2.22. The normalized spacial score (nSPS) is 13.5. The van der Waals surface area contributed by atoms with E-state index in [0.29, 0.717) is 0 Å². The molecule has 0 amide bonds. The average Bonchev–Trinajstić information content (AvgIpc) is 2.15. The molecule has 1 aromatic carbocycles. The maximum atomic E-state index is 12.4. The van der Waals surface area contributed by atoms with Crippen LogP contribution in [0.4, 0.5) is 13.2 Å². The van der Waals surface area contributed by atoms with Crippen LogP contribution < -0.4 is 0 Å². The molecule has 0 radical (unpaired) electrons. The molecule has 0 saturated carbocycles. The largest absolute Gasteiger partial charge is 0.479 e. The molecule has 0 spiro atoms. The Labute approximate surface area is 99.4 Å². The first-order valence-corrected chi connectivity index (χ1v) is 4.85. The molecule has 0 bridgehead atoms. The smallest absolute Gasteiger partial charge is 0.416 e.